The van der Waals surface area contributed by atoms with Crippen LogP contribution in [0.2, 0.25) is 10.3 Å². The summed E-state index contributed by atoms with van der Waals surface area (Å²) in [6.45, 7) is 3.21. The number of carbonyl (C=O) groups excluding carboxylic acids is 1. The molecule has 0 aliphatic carbocycles. The van der Waals surface area contributed by atoms with E-state index in [2.05, 4.69) is 10.3 Å². The molecular weight excluding hydrogens is 279 g/mol. The predicted molar refractivity (Wildman–Crippen MR) is 68.1 cm³/mol. The minimum Gasteiger partial charge on any atom is -0.481 e. The third-order valence-corrected chi connectivity index (χ3v) is 2.60. The lowest BCUT2D eigenvalue weighted by Crippen LogP contribution is -2.45. The van der Waals surface area contributed by atoms with Crippen LogP contribution < -0.4 is 5.32 Å². The van der Waals surface area contributed by atoms with Gasteiger partial charge in [-0.25, -0.2) is 4.98 Å². The van der Waals surface area contributed by atoms with Gasteiger partial charge in [-0.1, -0.05) is 23.2 Å². The van der Waals surface area contributed by atoms with Gasteiger partial charge in [0.2, 0.25) is 0 Å². The molecule has 0 spiro atoms. The Morgan fingerprint density at radius 3 is 2.50 bits per heavy atom. The Bertz CT molecular complexity index is 489. The summed E-state index contributed by atoms with van der Waals surface area (Å²) in [5.41, 5.74) is -0.731. The molecule has 1 amide bonds. The van der Waals surface area contributed by atoms with Gasteiger partial charge in [0, 0.05) is 5.54 Å². The molecule has 1 heterocycles. The second kappa shape index (κ2) is 5.54. The molecule has 0 bridgehead atoms. The van der Waals surface area contributed by atoms with E-state index in [1.807, 2.05) is 0 Å². The zero-order valence-corrected chi connectivity index (χ0v) is 11.3. The molecule has 1 rings (SSSR count). The second-order valence-corrected chi connectivity index (χ2v) is 5.13. The molecule has 18 heavy (non-hydrogen) atoms. The number of aromatic nitrogens is 1. The number of hydrogen-bond donors (Lipinski definition) is 2. The fourth-order valence-corrected chi connectivity index (χ4v) is 1.81. The minimum absolute atomic E-state index is 0.0221. The Morgan fingerprint density at radius 1 is 1.39 bits per heavy atom. The van der Waals surface area contributed by atoms with Gasteiger partial charge in [-0.2, -0.15) is 0 Å². The summed E-state index contributed by atoms with van der Waals surface area (Å²) in [7, 11) is 0. The van der Waals surface area contributed by atoms with Gasteiger partial charge in [0.05, 0.1) is 12.0 Å². The van der Waals surface area contributed by atoms with Gasteiger partial charge in [0.25, 0.3) is 5.91 Å². The van der Waals surface area contributed by atoms with E-state index in [9.17, 15) is 9.59 Å². The summed E-state index contributed by atoms with van der Waals surface area (Å²) in [6, 6.07) is 2.87. The molecule has 0 saturated heterocycles. The number of nitrogens with one attached hydrogen (secondary N) is 1. The lowest BCUT2D eigenvalue weighted by atomic mass is 10.0. The van der Waals surface area contributed by atoms with E-state index >= 15 is 0 Å². The number of pyridine rings is 1. The molecule has 0 saturated carbocycles. The summed E-state index contributed by atoms with van der Waals surface area (Å²) in [6.07, 6.45) is -0.197. The van der Waals surface area contributed by atoms with Crippen molar-refractivity contribution < 1.29 is 14.7 Å². The maximum atomic E-state index is 11.9. The summed E-state index contributed by atoms with van der Waals surface area (Å²) in [5.74, 6) is -1.49. The molecule has 98 valence electrons. The molecule has 7 heteroatoms. The normalized spacial score (nSPS) is 11.1. The molecule has 0 aromatic carbocycles. The number of hydrogen-bond acceptors (Lipinski definition) is 3. The maximum Gasteiger partial charge on any atom is 0.305 e. The minimum atomic E-state index is -0.999. The van der Waals surface area contributed by atoms with Gasteiger partial charge in [-0.3, -0.25) is 9.59 Å². The van der Waals surface area contributed by atoms with Crippen molar-refractivity contribution in [2.75, 3.05) is 0 Å². The molecule has 0 atom stereocenters. The van der Waals surface area contributed by atoms with Crippen molar-refractivity contribution in [2.45, 2.75) is 25.8 Å². The highest BCUT2D eigenvalue weighted by Crippen LogP contribution is 2.18. The average Bonchev–Trinajstić information content (AvgIpc) is 2.13. The first-order chi connectivity index (χ1) is 8.21. The van der Waals surface area contributed by atoms with E-state index in [-0.39, 0.29) is 22.3 Å². The van der Waals surface area contributed by atoms with E-state index in [1.54, 1.807) is 13.8 Å². The quantitative estimate of drug-likeness (QED) is 0.835. The van der Waals surface area contributed by atoms with Crippen LogP contribution in [-0.2, 0) is 4.79 Å². The van der Waals surface area contributed by atoms with Crippen LogP contribution in [0, 0.1) is 0 Å². The van der Waals surface area contributed by atoms with Crippen molar-refractivity contribution in [1.82, 2.24) is 10.3 Å². The fourth-order valence-electron chi connectivity index (χ4n) is 1.38. The fraction of sp³-hybridized carbons (Fsp3) is 0.364. The number of nitrogens with zero attached hydrogens (tertiary/aromatic N) is 1. The number of amides is 1. The van der Waals surface area contributed by atoms with Gasteiger partial charge in [0.1, 0.15) is 10.3 Å². The van der Waals surface area contributed by atoms with E-state index in [0.29, 0.717) is 0 Å². The van der Waals surface area contributed by atoms with Gasteiger partial charge >= 0.3 is 5.97 Å². The Balaban J connectivity index is 2.85. The van der Waals surface area contributed by atoms with Crippen molar-refractivity contribution >= 4 is 35.1 Å². The highest BCUT2D eigenvalue weighted by Gasteiger charge is 2.25. The van der Waals surface area contributed by atoms with Crippen molar-refractivity contribution in [1.29, 1.82) is 0 Å². The topological polar surface area (TPSA) is 79.3 Å². The molecular formula is C11H12Cl2N2O3. The van der Waals surface area contributed by atoms with Crippen LogP contribution in [0.25, 0.3) is 0 Å². The zero-order chi connectivity index (χ0) is 13.9. The van der Waals surface area contributed by atoms with Crippen LogP contribution in [0.1, 0.15) is 30.6 Å². The highest BCUT2D eigenvalue weighted by molar-refractivity contribution is 6.34. The molecule has 5 nitrogen and oxygen atoms in total. The van der Waals surface area contributed by atoms with Gasteiger partial charge in [-0.05, 0) is 26.0 Å². The molecule has 0 aliphatic rings. The van der Waals surface area contributed by atoms with Crippen molar-refractivity contribution in [3.05, 3.63) is 28.0 Å². The third-order valence-electron chi connectivity index (χ3n) is 2.10. The van der Waals surface area contributed by atoms with Crippen LogP contribution >= 0.6 is 23.2 Å². The molecule has 0 radical (unpaired) electrons. The molecule has 1 aromatic rings. The van der Waals surface area contributed by atoms with E-state index in [1.165, 1.54) is 12.1 Å². The lowest BCUT2D eigenvalue weighted by molar-refractivity contribution is -0.138. The highest BCUT2D eigenvalue weighted by atomic mass is 35.5. The number of aliphatic carboxylic acids is 1. The van der Waals surface area contributed by atoms with Crippen LogP contribution in [0.15, 0.2) is 12.1 Å². The summed E-state index contributed by atoms with van der Waals surface area (Å²) in [4.78, 5) is 26.3. The number of carboxylic acid groups (broad SMARTS) is 1. The first-order valence-electron chi connectivity index (χ1n) is 5.07. The number of carboxylic acids is 1. The maximum absolute atomic E-state index is 11.9. The van der Waals surface area contributed by atoms with Gasteiger partial charge in [0.15, 0.2) is 0 Å². The molecule has 2 N–H and O–H groups in total. The Kier molecular flexibility index (Phi) is 4.53. The Hall–Kier alpha value is -1.33. The monoisotopic (exact) mass is 290 g/mol. The largest absolute Gasteiger partial charge is 0.481 e. The molecule has 0 fully saturated rings. The summed E-state index contributed by atoms with van der Waals surface area (Å²) < 4.78 is 0. The van der Waals surface area contributed by atoms with Gasteiger partial charge in [-0.15, -0.1) is 0 Å². The van der Waals surface area contributed by atoms with E-state index in [0.717, 1.165) is 0 Å². The van der Waals surface area contributed by atoms with Crippen LogP contribution in [-0.4, -0.2) is 27.5 Å². The van der Waals surface area contributed by atoms with E-state index < -0.39 is 17.4 Å². The zero-order valence-electron chi connectivity index (χ0n) is 9.83. The SMILES string of the molecule is CC(C)(CC(=O)O)NC(=O)c1ccc(Cl)nc1Cl. The van der Waals surface area contributed by atoms with Crippen molar-refractivity contribution in [3.8, 4) is 0 Å². The predicted octanol–water partition coefficient (Wildman–Crippen LogP) is 2.37. The summed E-state index contributed by atoms with van der Waals surface area (Å²) >= 11 is 11.4. The number of halogens is 2. The van der Waals surface area contributed by atoms with Crippen LogP contribution in [0.5, 0.6) is 0 Å². The Morgan fingerprint density at radius 2 is 2.00 bits per heavy atom. The smallest absolute Gasteiger partial charge is 0.305 e. The van der Waals surface area contributed by atoms with Crippen LogP contribution in [0.3, 0.4) is 0 Å². The first-order valence-corrected chi connectivity index (χ1v) is 5.83. The number of rotatable bonds is 4. The third kappa shape index (κ3) is 4.16. The first kappa shape index (κ1) is 14.7. The van der Waals surface area contributed by atoms with Crippen molar-refractivity contribution in [2.24, 2.45) is 0 Å². The summed E-state index contributed by atoms with van der Waals surface area (Å²) in [5, 5.41) is 11.5. The van der Waals surface area contributed by atoms with Gasteiger partial charge < -0.3 is 10.4 Å². The molecule has 0 unspecified atom stereocenters. The standard InChI is InChI=1S/C11H12Cl2N2O3/c1-11(2,5-8(16)17)15-10(18)6-3-4-7(12)14-9(6)13/h3-4H,5H2,1-2H3,(H,15,18)(H,16,17). The number of carbonyl (C=O) groups is 2. The van der Waals surface area contributed by atoms with Crippen molar-refractivity contribution in [3.63, 3.8) is 0 Å². The Labute approximate surface area is 114 Å². The average molecular weight is 291 g/mol. The van der Waals surface area contributed by atoms with Crippen LogP contribution in [0.4, 0.5) is 0 Å². The molecule has 0 aliphatic heterocycles. The molecule has 1 aromatic heterocycles. The van der Waals surface area contributed by atoms with E-state index in [4.69, 9.17) is 28.3 Å². The second-order valence-electron chi connectivity index (χ2n) is 4.38. The lowest BCUT2D eigenvalue weighted by Gasteiger charge is -2.24.